The van der Waals surface area contributed by atoms with Gasteiger partial charge in [0.15, 0.2) is 10.7 Å². The van der Waals surface area contributed by atoms with E-state index in [0.717, 1.165) is 22.4 Å². The number of aromatic nitrogens is 1. The average Bonchev–Trinajstić information content (AvgIpc) is 2.57. The molecular formula is C10H18N4O2S2. The van der Waals surface area contributed by atoms with Crippen molar-refractivity contribution in [3.63, 3.8) is 0 Å². The summed E-state index contributed by atoms with van der Waals surface area (Å²) in [4.78, 5) is 0.108. The van der Waals surface area contributed by atoms with Gasteiger partial charge >= 0.3 is 0 Å². The van der Waals surface area contributed by atoms with Gasteiger partial charge in [-0.15, -0.1) is 0 Å². The Labute approximate surface area is 111 Å². The maximum atomic E-state index is 12.1. The highest BCUT2D eigenvalue weighted by atomic mass is 32.2. The van der Waals surface area contributed by atoms with Gasteiger partial charge in [-0.05, 0) is 30.3 Å². The van der Waals surface area contributed by atoms with Crippen LogP contribution in [0.15, 0.2) is 4.90 Å². The number of nitrogen functional groups attached to an aromatic ring is 1. The van der Waals surface area contributed by atoms with Gasteiger partial charge in [0, 0.05) is 20.6 Å². The lowest BCUT2D eigenvalue weighted by atomic mass is 9.85. The zero-order chi connectivity index (χ0) is 13.3. The Morgan fingerprint density at radius 2 is 2.17 bits per heavy atom. The number of hydrogen-bond acceptors (Lipinski definition) is 6. The van der Waals surface area contributed by atoms with Crippen molar-refractivity contribution < 1.29 is 8.42 Å². The molecule has 1 aliphatic rings. The number of nitrogens with zero attached hydrogens (tertiary/aromatic N) is 2. The van der Waals surface area contributed by atoms with Crippen molar-refractivity contribution in [2.75, 3.05) is 31.7 Å². The molecule has 1 saturated carbocycles. The lowest BCUT2D eigenvalue weighted by molar-refractivity contribution is 0.333. The predicted octanol–water partition coefficient (Wildman–Crippen LogP) is 1.19. The second-order valence-electron chi connectivity index (χ2n) is 4.69. The van der Waals surface area contributed by atoms with Crippen LogP contribution < -0.4 is 11.1 Å². The minimum absolute atomic E-state index is 0.0739. The van der Waals surface area contributed by atoms with Crippen LogP contribution in [0.25, 0.3) is 0 Å². The van der Waals surface area contributed by atoms with Gasteiger partial charge in [0.2, 0.25) is 10.0 Å². The van der Waals surface area contributed by atoms with E-state index in [1.54, 1.807) is 0 Å². The summed E-state index contributed by atoms with van der Waals surface area (Å²) in [7, 11) is -0.561. The van der Waals surface area contributed by atoms with Crippen LogP contribution in [0.1, 0.15) is 19.3 Å². The Morgan fingerprint density at radius 3 is 2.67 bits per heavy atom. The number of anilines is 2. The van der Waals surface area contributed by atoms with E-state index < -0.39 is 10.0 Å². The molecule has 1 heterocycles. The fourth-order valence-electron chi connectivity index (χ4n) is 1.77. The Morgan fingerprint density at radius 1 is 1.50 bits per heavy atom. The zero-order valence-corrected chi connectivity index (χ0v) is 12.1. The summed E-state index contributed by atoms with van der Waals surface area (Å²) in [6, 6.07) is 0. The number of sulfonamides is 1. The van der Waals surface area contributed by atoms with Crippen molar-refractivity contribution in [2.45, 2.75) is 24.2 Å². The predicted molar refractivity (Wildman–Crippen MR) is 73.2 cm³/mol. The molecule has 18 heavy (non-hydrogen) atoms. The largest absolute Gasteiger partial charge is 0.382 e. The Bertz CT molecular complexity index is 520. The Hall–Kier alpha value is -0.860. The van der Waals surface area contributed by atoms with Crippen molar-refractivity contribution in [1.29, 1.82) is 0 Å². The topological polar surface area (TPSA) is 88.3 Å². The monoisotopic (exact) mass is 290 g/mol. The van der Waals surface area contributed by atoms with Crippen molar-refractivity contribution in [1.82, 2.24) is 8.68 Å². The molecule has 0 aliphatic heterocycles. The van der Waals surface area contributed by atoms with E-state index >= 15 is 0 Å². The molecule has 102 valence electrons. The molecule has 1 fully saturated rings. The highest BCUT2D eigenvalue weighted by molar-refractivity contribution is 7.89. The first-order valence-electron chi connectivity index (χ1n) is 5.84. The molecule has 0 saturated heterocycles. The summed E-state index contributed by atoms with van der Waals surface area (Å²) in [5.74, 6) is 0.716. The first-order valence-corrected chi connectivity index (χ1v) is 8.06. The summed E-state index contributed by atoms with van der Waals surface area (Å²) in [6.07, 6.45) is 3.67. The van der Waals surface area contributed by atoms with Crippen molar-refractivity contribution >= 4 is 32.4 Å². The van der Waals surface area contributed by atoms with Crippen molar-refractivity contribution in [3.8, 4) is 0 Å². The number of rotatable bonds is 5. The summed E-state index contributed by atoms with van der Waals surface area (Å²) in [6.45, 7) is 0.789. The van der Waals surface area contributed by atoms with E-state index in [1.807, 2.05) is 0 Å². The second-order valence-corrected chi connectivity index (χ2v) is 7.55. The average molecular weight is 290 g/mol. The molecule has 0 amide bonds. The SMILES string of the molecule is CN(C)S(=O)(=O)c1c(N)nsc1NCC1CCC1. The maximum absolute atomic E-state index is 12.1. The van der Waals surface area contributed by atoms with Gasteiger partial charge < -0.3 is 11.1 Å². The van der Waals surface area contributed by atoms with Crippen molar-refractivity contribution in [2.24, 2.45) is 5.92 Å². The summed E-state index contributed by atoms with van der Waals surface area (Å²) in [5.41, 5.74) is 5.67. The minimum Gasteiger partial charge on any atom is -0.382 e. The van der Waals surface area contributed by atoms with E-state index in [9.17, 15) is 8.42 Å². The van der Waals surface area contributed by atoms with E-state index in [0.29, 0.717) is 10.9 Å². The molecule has 3 N–H and O–H groups in total. The molecule has 1 aromatic rings. The van der Waals surface area contributed by atoms with E-state index in [1.165, 1.54) is 33.4 Å². The highest BCUT2D eigenvalue weighted by Crippen LogP contribution is 2.34. The third-order valence-electron chi connectivity index (χ3n) is 3.19. The van der Waals surface area contributed by atoms with Crippen molar-refractivity contribution in [3.05, 3.63) is 0 Å². The molecule has 2 rings (SSSR count). The van der Waals surface area contributed by atoms with Crippen LogP contribution >= 0.6 is 11.5 Å². The molecule has 0 radical (unpaired) electrons. The van der Waals surface area contributed by atoms with Gasteiger partial charge in [-0.1, -0.05) is 6.42 Å². The summed E-state index contributed by atoms with van der Waals surface area (Å²) >= 11 is 1.11. The van der Waals surface area contributed by atoms with Crippen LogP contribution in [0.5, 0.6) is 0 Å². The van der Waals surface area contributed by atoms with Crippen LogP contribution in [-0.2, 0) is 10.0 Å². The van der Waals surface area contributed by atoms with Gasteiger partial charge in [0.1, 0.15) is 5.00 Å². The number of nitrogens with two attached hydrogens (primary N) is 1. The molecule has 0 unspecified atom stereocenters. The van der Waals surface area contributed by atoms with Gasteiger partial charge in [0.05, 0.1) is 0 Å². The highest BCUT2D eigenvalue weighted by Gasteiger charge is 2.28. The number of hydrogen-bond donors (Lipinski definition) is 2. The molecule has 0 bridgehead atoms. The molecule has 8 heteroatoms. The smallest absolute Gasteiger partial charge is 0.249 e. The van der Waals surface area contributed by atoms with Gasteiger partial charge in [-0.25, -0.2) is 12.7 Å². The third kappa shape index (κ3) is 2.45. The van der Waals surface area contributed by atoms with Crippen LogP contribution in [-0.4, -0.2) is 37.7 Å². The molecule has 0 aromatic carbocycles. The van der Waals surface area contributed by atoms with E-state index in [-0.39, 0.29) is 10.7 Å². The van der Waals surface area contributed by atoms with Crippen LogP contribution in [0.3, 0.4) is 0 Å². The summed E-state index contributed by atoms with van der Waals surface area (Å²) < 4.78 is 29.4. The quantitative estimate of drug-likeness (QED) is 0.850. The second kappa shape index (κ2) is 5.02. The first-order chi connectivity index (χ1) is 8.43. The van der Waals surface area contributed by atoms with Gasteiger partial charge in [-0.2, -0.15) is 4.37 Å². The van der Waals surface area contributed by atoms with Gasteiger partial charge in [0.25, 0.3) is 0 Å². The fraction of sp³-hybridized carbons (Fsp3) is 0.700. The zero-order valence-electron chi connectivity index (χ0n) is 10.5. The lowest BCUT2D eigenvalue weighted by Crippen LogP contribution is -2.25. The normalized spacial score (nSPS) is 16.8. The van der Waals surface area contributed by atoms with Crippen LogP contribution in [0, 0.1) is 5.92 Å². The van der Waals surface area contributed by atoms with E-state index in [4.69, 9.17) is 5.73 Å². The van der Waals surface area contributed by atoms with Crippen LogP contribution in [0.4, 0.5) is 10.8 Å². The fourth-order valence-corrected chi connectivity index (χ4v) is 3.86. The summed E-state index contributed by atoms with van der Waals surface area (Å²) in [5, 5.41) is 3.72. The standard InChI is InChI=1S/C10H18N4O2S2/c1-14(2)18(15,16)8-9(11)13-17-10(8)12-6-7-4-3-5-7/h7,12H,3-6H2,1-2H3,(H2,11,13). The molecule has 0 atom stereocenters. The lowest BCUT2D eigenvalue weighted by Gasteiger charge is -2.25. The molecule has 1 aromatic heterocycles. The van der Waals surface area contributed by atoms with Gasteiger partial charge in [-0.3, -0.25) is 0 Å². The van der Waals surface area contributed by atoms with E-state index in [2.05, 4.69) is 9.69 Å². The molecule has 1 aliphatic carbocycles. The third-order valence-corrected chi connectivity index (χ3v) is 6.03. The maximum Gasteiger partial charge on any atom is 0.249 e. The minimum atomic E-state index is -3.54. The molecule has 6 nitrogen and oxygen atoms in total. The first kappa shape index (κ1) is 13.6. The molecule has 0 spiro atoms. The Balaban J connectivity index is 2.21. The Kier molecular flexibility index (Phi) is 3.79. The molecular weight excluding hydrogens is 272 g/mol. The number of nitrogens with one attached hydrogen (secondary N) is 1. The van der Waals surface area contributed by atoms with Crippen LogP contribution in [0.2, 0.25) is 0 Å².